The molecule has 35 heavy (non-hydrogen) atoms. The molecule has 9 heteroatoms. The summed E-state index contributed by atoms with van der Waals surface area (Å²) in [7, 11) is 0. The van der Waals surface area contributed by atoms with Gasteiger partial charge in [0, 0.05) is 17.2 Å². The lowest BCUT2D eigenvalue weighted by Crippen LogP contribution is -2.23. The van der Waals surface area contributed by atoms with Crippen molar-refractivity contribution >= 4 is 45.6 Å². The lowest BCUT2D eigenvalue weighted by molar-refractivity contribution is 0.306. The highest BCUT2D eigenvalue weighted by atomic mass is 35.5. The second-order valence-electron chi connectivity index (χ2n) is 7.96. The molecule has 0 radical (unpaired) electrons. The van der Waals surface area contributed by atoms with Crippen LogP contribution in [0.5, 0.6) is 5.75 Å². The summed E-state index contributed by atoms with van der Waals surface area (Å²) in [6.45, 7) is 2.87. The Morgan fingerprint density at radius 3 is 2.57 bits per heavy atom. The summed E-state index contributed by atoms with van der Waals surface area (Å²) >= 11 is 13.4. The molecule has 0 saturated heterocycles. The van der Waals surface area contributed by atoms with Gasteiger partial charge in [-0.2, -0.15) is 9.50 Å². The Morgan fingerprint density at radius 2 is 1.83 bits per heavy atom. The van der Waals surface area contributed by atoms with E-state index in [4.69, 9.17) is 32.4 Å². The lowest BCUT2D eigenvalue weighted by atomic mass is 10.2. The van der Waals surface area contributed by atoms with Crippen LogP contribution in [0.4, 0.5) is 0 Å². The SMILES string of the molecule is CCCCCOc1ccc(-c2nc3sc(=Cc4ccc(-c5ccc(Cl)c(Cl)c5)o4)c(=O)n3n2)cc1. The van der Waals surface area contributed by atoms with Crippen molar-refractivity contribution in [1.29, 1.82) is 0 Å². The molecule has 0 bridgehead atoms. The molecule has 0 aliphatic heterocycles. The molecular weight excluding hydrogens is 505 g/mol. The summed E-state index contributed by atoms with van der Waals surface area (Å²) in [6, 6.07) is 16.5. The zero-order chi connectivity index (χ0) is 24.4. The number of thiazole rings is 1. The van der Waals surface area contributed by atoms with Crippen molar-refractivity contribution in [3.8, 4) is 28.5 Å². The summed E-state index contributed by atoms with van der Waals surface area (Å²) in [6.07, 6.45) is 5.04. The molecule has 0 fully saturated rings. The predicted octanol–water partition coefficient (Wildman–Crippen LogP) is 6.50. The van der Waals surface area contributed by atoms with Gasteiger partial charge in [0.15, 0.2) is 5.82 Å². The van der Waals surface area contributed by atoms with Crippen molar-refractivity contribution in [2.75, 3.05) is 6.61 Å². The molecule has 0 spiro atoms. The summed E-state index contributed by atoms with van der Waals surface area (Å²) in [5.74, 6) is 2.48. The quantitative estimate of drug-likeness (QED) is 0.216. The number of benzene rings is 2. The molecule has 178 valence electrons. The van der Waals surface area contributed by atoms with E-state index in [0.29, 0.717) is 43.5 Å². The lowest BCUT2D eigenvalue weighted by Gasteiger charge is -2.05. The van der Waals surface area contributed by atoms with E-state index in [-0.39, 0.29) is 5.56 Å². The Bertz CT molecular complexity index is 1590. The number of hydrogen-bond acceptors (Lipinski definition) is 6. The van der Waals surface area contributed by atoms with Gasteiger partial charge in [0.05, 0.1) is 16.7 Å². The third kappa shape index (κ3) is 5.12. The van der Waals surface area contributed by atoms with Crippen LogP contribution >= 0.6 is 34.5 Å². The van der Waals surface area contributed by atoms with Crippen molar-refractivity contribution in [3.05, 3.63) is 85.3 Å². The minimum atomic E-state index is -0.243. The first-order chi connectivity index (χ1) is 17.0. The van der Waals surface area contributed by atoms with Gasteiger partial charge in [0.2, 0.25) is 4.96 Å². The van der Waals surface area contributed by atoms with Crippen LogP contribution in [0, 0.1) is 0 Å². The van der Waals surface area contributed by atoms with E-state index in [0.717, 1.165) is 36.1 Å². The largest absolute Gasteiger partial charge is 0.494 e. The van der Waals surface area contributed by atoms with E-state index in [1.54, 1.807) is 24.3 Å². The van der Waals surface area contributed by atoms with Crippen LogP contribution in [0.2, 0.25) is 10.0 Å². The van der Waals surface area contributed by atoms with E-state index in [1.165, 1.54) is 15.9 Å². The van der Waals surface area contributed by atoms with Crippen molar-refractivity contribution in [1.82, 2.24) is 14.6 Å². The normalized spacial score (nSPS) is 12.0. The fourth-order valence-electron chi connectivity index (χ4n) is 3.56. The molecule has 5 aromatic rings. The van der Waals surface area contributed by atoms with Crippen molar-refractivity contribution in [3.63, 3.8) is 0 Å². The number of furan rings is 1. The molecule has 0 unspecified atom stereocenters. The van der Waals surface area contributed by atoms with Gasteiger partial charge in [-0.1, -0.05) is 54.3 Å². The van der Waals surface area contributed by atoms with Crippen LogP contribution in [0.1, 0.15) is 31.9 Å². The zero-order valence-electron chi connectivity index (χ0n) is 18.8. The number of halogens is 2. The summed E-state index contributed by atoms with van der Waals surface area (Å²) in [5, 5.41) is 5.34. The summed E-state index contributed by atoms with van der Waals surface area (Å²) in [5.41, 5.74) is 1.38. The number of ether oxygens (including phenoxy) is 1. The molecular formula is C26H21Cl2N3O3S. The highest BCUT2D eigenvalue weighted by Gasteiger charge is 2.13. The number of aromatic nitrogens is 3. The van der Waals surface area contributed by atoms with Crippen LogP contribution in [-0.4, -0.2) is 21.2 Å². The van der Waals surface area contributed by atoms with E-state index >= 15 is 0 Å². The highest BCUT2D eigenvalue weighted by molar-refractivity contribution is 7.15. The van der Waals surface area contributed by atoms with Crippen LogP contribution in [-0.2, 0) is 0 Å². The maximum Gasteiger partial charge on any atom is 0.291 e. The fraction of sp³-hybridized carbons (Fsp3) is 0.192. The monoisotopic (exact) mass is 525 g/mol. The first kappa shape index (κ1) is 23.6. The Morgan fingerprint density at radius 1 is 1.03 bits per heavy atom. The number of hydrogen-bond donors (Lipinski definition) is 0. The van der Waals surface area contributed by atoms with Gasteiger partial charge in [0.1, 0.15) is 21.8 Å². The number of rotatable bonds is 8. The molecule has 0 saturated carbocycles. The predicted molar refractivity (Wildman–Crippen MR) is 141 cm³/mol. The molecule has 0 atom stereocenters. The highest BCUT2D eigenvalue weighted by Crippen LogP contribution is 2.29. The van der Waals surface area contributed by atoms with E-state index in [1.807, 2.05) is 36.4 Å². The first-order valence-corrected chi connectivity index (χ1v) is 12.8. The maximum atomic E-state index is 12.9. The molecule has 3 aromatic heterocycles. The summed E-state index contributed by atoms with van der Waals surface area (Å²) < 4.78 is 13.5. The fourth-order valence-corrected chi connectivity index (χ4v) is 4.75. The minimum absolute atomic E-state index is 0.243. The molecule has 0 N–H and O–H groups in total. The second-order valence-corrected chi connectivity index (χ2v) is 9.78. The standard InChI is InChI=1S/C26H21Cl2N3O3S/c1-2-3-4-13-33-18-8-5-16(6-9-18)24-29-26-31(30-24)25(32)23(35-26)15-19-10-12-22(34-19)17-7-11-20(27)21(28)14-17/h5-12,14-15H,2-4,13H2,1H3. The van der Waals surface area contributed by atoms with Gasteiger partial charge in [-0.25, -0.2) is 0 Å². The maximum absolute atomic E-state index is 12.9. The van der Waals surface area contributed by atoms with Crippen molar-refractivity contribution < 1.29 is 9.15 Å². The van der Waals surface area contributed by atoms with Crippen LogP contribution < -0.4 is 14.8 Å². The number of unbranched alkanes of at least 4 members (excludes halogenated alkanes) is 2. The molecule has 0 aliphatic carbocycles. The molecule has 6 nitrogen and oxygen atoms in total. The Balaban J connectivity index is 1.36. The molecule has 3 heterocycles. The van der Waals surface area contributed by atoms with Gasteiger partial charge in [0.25, 0.3) is 5.56 Å². The van der Waals surface area contributed by atoms with Gasteiger partial charge in [-0.15, -0.1) is 5.10 Å². The van der Waals surface area contributed by atoms with E-state index < -0.39 is 0 Å². The number of fused-ring (bicyclic) bond motifs is 1. The van der Waals surface area contributed by atoms with E-state index in [2.05, 4.69) is 17.0 Å². The van der Waals surface area contributed by atoms with Gasteiger partial charge in [-0.3, -0.25) is 4.79 Å². The third-order valence-electron chi connectivity index (χ3n) is 5.42. The molecule has 0 amide bonds. The minimum Gasteiger partial charge on any atom is -0.494 e. The van der Waals surface area contributed by atoms with Gasteiger partial charge >= 0.3 is 0 Å². The Kier molecular flexibility index (Phi) is 6.90. The Hall–Kier alpha value is -3.13. The van der Waals surface area contributed by atoms with E-state index in [9.17, 15) is 4.79 Å². The van der Waals surface area contributed by atoms with Gasteiger partial charge in [-0.05, 0) is 61.0 Å². The number of nitrogens with zero attached hydrogens (tertiary/aromatic N) is 3. The zero-order valence-corrected chi connectivity index (χ0v) is 21.2. The molecule has 5 rings (SSSR count). The van der Waals surface area contributed by atoms with Crippen LogP contribution in [0.3, 0.4) is 0 Å². The molecule has 0 aliphatic rings. The third-order valence-corrected chi connectivity index (χ3v) is 7.11. The average molecular weight is 526 g/mol. The second kappa shape index (κ2) is 10.2. The van der Waals surface area contributed by atoms with Crippen LogP contribution in [0.15, 0.2) is 63.8 Å². The topological polar surface area (TPSA) is 69.6 Å². The average Bonchev–Trinajstić information content (AvgIpc) is 3.57. The van der Waals surface area contributed by atoms with Crippen LogP contribution in [0.25, 0.3) is 33.7 Å². The van der Waals surface area contributed by atoms with Gasteiger partial charge < -0.3 is 9.15 Å². The summed E-state index contributed by atoms with van der Waals surface area (Å²) in [4.78, 5) is 18.0. The van der Waals surface area contributed by atoms with Crippen molar-refractivity contribution in [2.24, 2.45) is 0 Å². The van der Waals surface area contributed by atoms with Crippen molar-refractivity contribution in [2.45, 2.75) is 26.2 Å². The smallest absolute Gasteiger partial charge is 0.291 e. The first-order valence-electron chi connectivity index (χ1n) is 11.2. The molecule has 2 aromatic carbocycles. The Labute approximate surface area is 215 Å².